The van der Waals surface area contributed by atoms with Crippen molar-refractivity contribution < 1.29 is 29.5 Å². The van der Waals surface area contributed by atoms with E-state index in [1.54, 1.807) is 12.1 Å². The lowest BCUT2D eigenvalue weighted by molar-refractivity contribution is -0.350. The van der Waals surface area contributed by atoms with E-state index < -0.39 is 17.2 Å². The van der Waals surface area contributed by atoms with Crippen LogP contribution in [0.15, 0.2) is 18.2 Å². The van der Waals surface area contributed by atoms with Crippen LogP contribution in [0.1, 0.15) is 88.7 Å². The van der Waals surface area contributed by atoms with Crippen molar-refractivity contribution >= 4 is 5.97 Å². The molecule has 2 atom stereocenters. The highest BCUT2D eigenvalue weighted by atomic mass is 17.2. The maximum atomic E-state index is 11.8. The molecule has 6 nitrogen and oxygen atoms in total. The van der Waals surface area contributed by atoms with Crippen molar-refractivity contribution in [1.82, 2.24) is 0 Å². The van der Waals surface area contributed by atoms with Gasteiger partial charge in [0.1, 0.15) is 0 Å². The molecule has 0 aliphatic carbocycles. The van der Waals surface area contributed by atoms with Crippen LogP contribution in [0.3, 0.4) is 0 Å². The van der Waals surface area contributed by atoms with Gasteiger partial charge in [-0.3, -0.25) is 0 Å². The summed E-state index contributed by atoms with van der Waals surface area (Å²) in [6.07, 6.45) is 0. The second-order valence-corrected chi connectivity index (χ2v) is 8.88. The minimum Gasteiger partial charge on any atom is -0.478 e. The SMILES string of the molecule is CC(COOC(C)(C)C)c1cccc(C(=O)O)c1C(C)COOC(C)(C)C. The third-order valence-electron chi connectivity index (χ3n) is 3.65. The predicted octanol–water partition coefficient (Wildman–Crippen LogP) is 5.09. The maximum Gasteiger partial charge on any atom is 0.335 e. The van der Waals surface area contributed by atoms with Gasteiger partial charge in [0.25, 0.3) is 0 Å². The normalized spacial score (nSPS) is 14.8. The summed E-state index contributed by atoms with van der Waals surface area (Å²) in [6, 6.07) is 5.29. The summed E-state index contributed by atoms with van der Waals surface area (Å²) < 4.78 is 0. The average molecular weight is 382 g/mol. The molecule has 0 fully saturated rings. The molecule has 0 amide bonds. The number of aromatic carboxylic acids is 1. The Hall–Kier alpha value is -1.47. The lowest BCUT2D eigenvalue weighted by Gasteiger charge is -2.25. The lowest BCUT2D eigenvalue weighted by Crippen LogP contribution is -2.23. The van der Waals surface area contributed by atoms with Gasteiger partial charge in [0, 0.05) is 11.8 Å². The smallest absolute Gasteiger partial charge is 0.335 e. The molecule has 27 heavy (non-hydrogen) atoms. The Morgan fingerprint density at radius 2 is 1.41 bits per heavy atom. The molecule has 1 N–H and O–H groups in total. The second kappa shape index (κ2) is 9.64. The summed E-state index contributed by atoms with van der Waals surface area (Å²) in [5.41, 5.74) is 1.06. The average Bonchev–Trinajstić information content (AvgIpc) is 2.51. The van der Waals surface area contributed by atoms with E-state index in [0.29, 0.717) is 6.61 Å². The van der Waals surface area contributed by atoms with Gasteiger partial charge in [-0.1, -0.05) is 26.0 Å². The molecule has 2 unspecified atom stereocenters. The highest BCUT2D eigenvalue weighted by Gasteiger charge is 2.24. The monoisotopic (exact) mass is 382 g/mol. The Labute approximate surface area is 162 Å². The van der Waals surface area contributed by atoms with Crippen molar-refractivity contribution in [2.24, 2.45) is 0 Å². The number of hydrogen-bond acceptors (Lipinski definition) is 5. The molecule has 1 aromatic rings. The van der Waals surface area contributed by atoms with Crippen LogP contribution in [0.4, 0.5) is 0 Å². The van der Waals surface area contributed by atoms with Gasteiger partial charge in [0.05, 0.1) is 30.0 Å². The van der Waals surface area contributed by atoms with Crippen molar-refractivity contribution in [1.29, 1.82) is 0 Å². The Kier molecular flexibility index (Phi) is 8.42. The minimum atomic E-state index is -0.963. The van der Waals surface area contributed by atoms with Crippen LogP contribution in [-0.4, -0.2) is 35.5 Å². The first-order chi connectivity index (χ1) is 12.3. The summed E-state index contributed by atoms with van der Waals surface area (Å²) in [7, 11) is 0. The lowest BCUT2D eigenvalue weighted by atomic mass is 9.86. The summed E-state index contributed by atoms with van der Waals surface area (Å²) >= 11 is 0. The zero-order chi connectivity index (χ0) is 20.8. The van der Waals surface area contributed by atoms with Crippen LogP contribution >= 0.6 is 0 Å². The third-order valence-corrected chi connectivity index (χ3v) is 3.65. The molecule has 0 saturated carbocycles. The molecule has 0 saturated heterocycles. The van der Waals surface area contributed by atoms with Gasteiger partial charge in [-0.05, 0) is 58.7 Å². The molecule has 6 heteroatoms. The molecule has 1 aromatic carbocycles. The summed E-state index contributed by atoms with van der Waals surface area (Å²) in [5, 5.41) is 9.63. The third kappa shape index (κ3) is 8.39. The van der Waals surface area contributed by atoms with Gasteiger partial charge in [0.15, 0.2) is 0 Å². The number of hydrogen-bond donors (Lipinski definition) is 1. The Morgan fingerprint density at radius 3 is 1.85 bits per heavy atom. The molecular formula is C21H34O6. The fourth-order valence-corrected chi connectivity index (χ4v) is 2.55. The summed E-state index contributed by atoms with van der Waals surface area (Å²) in [4.78, 5) is 33.2. The van der Waals surface area contributed by atoms with Gasteiger partial charge in [-0.2, -0.15) is 0 Å². The molecule has 0 aliphatic heterocycles. The molecule has 154 valence electrons. The van der Waals surface area contributed by atoms with Gasteiger partial charge in [0.2, 0.25) is 0 Å². The molecule has 0 heterocycles. The van der Waals surface area contributed by atoms with E-state index in [9.17, 15) is 9.90 Å². The van der Waals surface area contributed by atoms with Crippen molar-refractivity contribution in [2.75, 3.05) is 13.2 Å². The van der Waals surface area contributed by atoms with Crippen LogP contribution in [-0.2, 0) is 19.6 Å². The van der Waals surface area contributed by atoms with E-state index in [-0.39, 0.29) is 24.0 Å². The fourth-order valence-electron chi connectivity index (χ4n) is 2.55. The van der Waals surface area contributed by atoms with Gasteiger partial charge < -0.3 is 5.11 Å². The van der Waals surface area contributed by atoms with Gasteiger partial charge in [-0.15, -0.1) is 0 Å². The molecular weight excluding hydrogens is 348 g/mol. The van der Waals surface area contributed by atoms with Gasteiger partial charge in [-0.25, -0.2) is 24.3 Å². The predicted molar refractivity (Wildman–Crippen MR) is 104 cm³/mol. The summed E-state index contributed by atoms with van der Waals surface area (Å²) in [6.45, 7) is 15.9. The molecule has 0 radical (unpaired) electrons. The van der Waals surface area contributed by atoms with Crippen LogP contribution in [0.2, 0.25) is 0 Å². The highest BCUT2D eigenvalue weighted by Crippen LogP contribution is 2.31. The largest absolute Gasteiger partial charge is 0.478 e. The molecule has 0 aliphatic rings. The van der Waals surface area contributed by atoms with Crippen molar-refractivity contribution in [3.8, 4) is 0 Å². The van der Waals surface area contributed by atoms with E-state index in [0.717, 1.165) is 11.1 Å². The molecule has 0 bridgehead atoms. The number of carboxylic acid groups (broad SMARTS) is 1. The number of benzene rings is 1. The molecule has 0 aromatic heterocycles. The number of rotatable bonds is 9. The Bertz CT molecular complexity index is 612. The molecule has 0 spiro atoms. The summed E-state index contributed by atoms with van der Waals surface area (Å²) in [5.74, 6) is -1.18. The number of carbonyl (C=O) groups is 1. The van der Waals surface area contributed by atoms with Crippen LogP contribution in [0, 0.1) is 0 Å². The quantitative estimate of drug-likeness (QED) is 0.474. The van der Waals surface area contributed by atoms with Crippen LogP contribution in [0.25, 0.3) is 0 Å². The highest BCUT2D eigenvalue weighted by molar-refractivity contribution is 5.90. The first-order valence-corrected chi connectivity index (χ1v) is 9.29. The van der Waals surface area contributed by atoms with Crippen LogP contribution in [0.5, 0.6) is 0 Å². The van der Waals surface area contributed by atoms with E-state index in [1.165, 1.54) is 0 Å². The number of carboxylic acids is 1. The van der Waals surface area contributed by atoms with Crippen molar-refractivity contribution in [3.63, 3.8) is 0 Å². The van der Waals surface area contributed by atoms with E-state index >= 15 is 0 Å². The maximum absolute atomic E-state index is 11.8. The molecule has 1 rings (SSSR count). The first-order valence-electron chi connectivity index (χ1n) is 9.29. The second-order valence-electron chi connectivity index (χ2n) is 8.88. The first kappa shape index (κ1) is 23.6. The van der Waals surface area contributed by atoms with E-state index in [2.05, 4.69) is 0 Å². The fraction of sp³-hybridized carbons (Fsp3) is 0.667. The zero-order valence-corrected chi connectivity index (χ0v) is 17.8. The zero-order valence-electron chi connectivity index (χ0n) is 17.8. The minimum absolute atomic E-state index is 0.0485. The Balaban J connectivity index is 3.00. The van der Waals surface area contributed by atoms with Crippen molar-refractivity contribution in [2.45, 2.75) is 78.4 Å². The van der Waals surface area contributed by atoms with E-state index in [1.807, 2.05) is 61.5 Å². The standard InChI is InChI=1S/C21H34O6/c1-14(12-24-26-20(3,4)5)16-10-9-11-17(19(22)23)18(16)15(2)13-25-27-21(6,7)8/h9-11,14-15H,12-13H2,1-8H3,(H,22,23). The van der Waals surface area contributed by atoms with Gasteiger partial charge >= 0.3 is 5.97 Å². The van der Waals surface area contributed by atoms with Crippen LogP contribution < -0.4 is 0 Å². The van der Waals surface area contributed by atoms with E-state index in [4.69, 9.17) is 19.6 Å². The Morgan fingerprint density at radius 1 is 0.926 bits per heavy atom. The topological polar surface area (TPSA) is 74.2 Å². The van der Waals surface area contributed by atoms with Crippen molar-refractivity contribution in [3.05, 3.63) is 34.9 Å².